The van der Waals surface area contributed by atoms with Crippen molar-refractivity contribution < 1.29 is 4.79 Å². The molecule has 0 aromatic heterocycles. The van der Waals surface area contributed by atoms with Crippen molar-refractivity contribution in [2.24, 2.45) is 11.5 Å². The first kappa shape index (κ1) is 10.5. The Hall–Kier alpha value is -1.61. The number of nitrogens with two attached hydrogens (primary N) is 2. The maximum atomic E-state index is 10.8. The summed E-state index contributed by atoms with van der Waals surface area (Å²) in [6.07, 6.45) is 3.21. The topological polar surface area (TPSA) is 69.1 Å². The van der Waals surface area contributed by atoms with Gasteiger partial charge in [-0.2, -0.15) is 0 Å². The average Bonchev–Trinajstić information content (AvgIpc) is 2.16. The molecule has 1 aromatic rings. The molecular weight excluding hydrogens is 176 g/mol. The first-order valence-electron chi connectivity index (χ1n) is 4.21. The van der Waals surface area contributed by atoms with Crippen molar-refractivity contribution in [3.8, 4) is 0 Å². The lowest BCUT2D eigenvalue weighted by molar-refractivity contribution is -0.120. The van der Waals surface area contributed by atoms with Gasteiger partial charge in [0.2, 0.25) is 5.91 Å². The van der Waals surface area contributed by atoms with Gasteiger partial charge in [0.25, 0.3) is 0 Å². The highest BCUT2D eigenvalue weighted by molar-refractivity contribution is 5.88. The molecule has 0 aliphatic heterocycles. The zero-order valence-corrected chi connectivity index (χ0v) is 7.81. The molecule has 1 aromatic carbocycles. The monoisotopic (exact) mass is 189 g/mol. The van der Waals surface area contributed by atoms with Crippen molar-refractivity contribution >= 4 is 12.0 Å². The minimum Gasteiger partial charge on any atom is -0.368 e. The van der Waals surface area contributed by atoms with E-state index in [4.69, 9.17) is 11.5 Å². The molecule has 1 unspecified atom stereocenters. The Balaban J connectivity index is 2.79. The number of carbonyl (C=O) groups is 1. The molecule has 1 radical (unpaired) electrons. The fourth-order valence-electron chi connectivity index (χ4n) is 0.891. The van der Waals surface area contributed by atoms with E-state index in [1.54, 1.807) is 6.08 Å². The summed E-state index contributed by atoms with van der Waals surface area (Å²) in [5.74, 6) is -0.648. The van der Waals surface area contributed by atoms with Crippen molar-refractivity contribution in [1.29, 1.82) is 0 Å². The Morgan fingerprint density at radius 3 is 2.43 bits per heavy atom. The van der Waals surface area contributed by atoms with E-state index in [1.807, 2.05) is 30.3 Å². The summed E-state index contributed by atoms with van der Waals surface area (Å²) < 4.78 is 0. The maximum Gasteiger partial charge on any atom is 0.241 e. The summed E-state index contributed by atoms with van der Waals surface area (Å²) in [4.78, 5) is 10.8. The second-order valence-corrected chi connectivity index (χ2v) is 3.15. The molecule has 1 amide bonds. The second-order valence-electron chi connectivity index (χ2n) is 3.15. The third-order valence-corrected chi connectivity index (χ3v) is 1.83. The van der Waals surface area contributed by atoms with Gasteiger partial charge in [0.15, 0.2) is 0 Å². The zero-order chi connectivity index (χ0) is 10.6. The Labute approximate surface area is 83.4 Å². The fourth-order valence-corrected chi connectivity index (χ4v) is 0.891. The van der Waals surface area contributed by atoms with Gasteiger partial charge in [-0.1, -0.05) is 42.5 Å². The van der Waals surface area contributed by atoms with Gasteiger partial charge in [0.1, 0.15) is 5.54 Å². The zero-order valence-electron chi connectivity index (χ0n) is 7.81. The summed E-state index contributed by atoms with van der Waals surface area (Å²) >= 11 is 0. The van der Waals surface area contributed by atoms with Crippen LogP contribution in [0.15, 0.2) is 36.4 Å². The summed E-state index contributed by atoms with van der Waals surface area (Å²) in [6, 6.07) is 9.49. The summed E-state index contributed by atoms with van der Waals surface area (Å²) in [6.45, 7) is 3.50. The van der Waals surface area contributed by atoms with Crippen LogP contribution < -0.4 is 11.5 Å². The van der Waals surface area contributed by atoms with Gasteiger partial charge in [-0.15, -0.1) is 0 Å². The van der Waals surface area contributed by atoms with E-state index in [0.717, 1.165) is 5.56 Å². The highest BCUT2D eigenvalue weighted by Crippen LogP contribution is 2.06. The molecule has 0 heterocycles. The number of hydrogen-bond donors (Lipinski definition) is 2. The maximum absolute atomic E-state index is 10.8. The van der Waals surface area contributed by atoms with Crippen molar-refractivity contribution in [1.82, 2.24) is 0 Å². The largest absolute Gasteiger partial charge is 0.368 e. The van der Waals surface area contributed by atoms with Crippen LogP contribution in [0.5, 0.6) is 0 Å². The van der Waals surface area contributed by atoms with Crippen molar-refractivity contribution in [2.75, 3.05) is 0 Å². The highest BCUT2D eigenvalue weighted by Gasteiger charge is 2.21. The highest BCUT2D eigenvalue weighted by atomic mass is 16.1. The molecule has 0 fully saturated rings. The molecule has 1 atom stereocenters. The molecule has 0 aliphatic rings. The lowest BCUT2D eigenvalue weighted by Gasteiger charge is -2.14. The normalized spacial score (nSPS) is 15.3. The number of benzene rings is 1. The van der Waals surface area contributed by atoms with E-state index in [-0.39, 0.29) is 0 Å². The minimum atomic E-state index is -1.34. The Kier molecular flexibility index (Phi) is 3.04. The van der Waals surface area contributed by atoms with E-state index < -0.39 is 11.4 Å². The van der Waals surface area contributed by atoms with Crippen molar-refractivity contribution in [3.05, 3.63) is 48.9 Å². The van der Waals surface area contributed by atoms with Gasteiger partial charge in [-0.05, 0) is 12.5 Å². The van der Waals surface area contributed by atoms with E-state index in [9.17, 15) is 4.79 Å². The van der Waals surface area contributed by atoms with Crippen LogP contribution in [0.1, 0.15) is 5.56 Å². The summed E-state index contributed by atoms with van der Waals surface area (Å²) in [5.41, 5.74) is 10.2. The molecule has 73 valence electrons. The van der Waals surface area contributed by atoms with E-state index >= 15 is 0 Å². The Morgan fingerprint density at radius 2 is 1.93 bits per heavy atom. The SMILES string of the molecule is [CH2]C(N)(C=Cc1ccccc1)C(N)=O. The smallest absolute Gasteiger partial charge is 0.241 e. The molecule has 0 saturated heterocycles. The predicted molar refractivity (Wildman–Crippen MR) is 56.9 cm³/mol. The molecule has 3 nitrogen and oxygen atoms in total. The predicted octanol–water partition coefficient (Wildman–Crippen LogP) is 0.717. The number of primary amides is 1. The Morgan fingerprint density at radius 1 is 1.36 bits per heavy atom. The van der Waals surface area contributed by atoms with Gasteiger partial charge < -0.3 is 11.5 Å². The third kappa shape index (κ3) is 2.71. The van der Waals surface area contributed by atoms with E-state index in [1.165, 1.54) is 6.08 Å². The average molecular weight is 189 g/mol. The van der Waals surface area contributed by atoms with Crippen molar-refractivity contribution in [2.45, 2.75) is 5.54 Å². The van der Waals surface area contributed by atoms with Crippen LogP contribution in [0, 0.1) is 6.92 Å². The molecule has 0 aliphatic carbocycles. The lowest BCUT2D eigenvalue weighted by atomic mass is 10.0. The summed E-state index contributed by atoms with van der Waals surface area (Å²) in [5, 5.41) is 0. The number of rotatable bonds is 3. The van der Waals surface area contributed by atoms with E-state index in [0.29, 0.717) is 0 Å². The number of carbonyl (C=O) groups excluding carboxylic acids is 1. The lowest BCUT2D eigenvalue weighted by Crippen LogP contribution is -2.47. The number of amides is 1. The first-order chi connectivity index (χ1) is 6.52. The van der Waals surface area contributed by atoms with Crippen LogP contribution in [-0.2, 0) is 4.79 Å². The molecular formula is C11H13N2O. The van der Waals surface area contributed by atoms with Gasteiger partial charge in [-0.3, -0.25) is 4.79 Å². The minimum absolute atomic E-state index is 0.648. The molecule has 1 rings (SSSR count). The van der Waals surface area contributed by atoms with Gasteiger partial charge in [0.05, 0.1) is 0 Å². The molecule has 4 N–H and O–H groups in total. The molecule has 0 spiro atoms. The second kappa shape index (κ2) is 4.07. The summed E-state index contributed by atoms with van der Waals surface area (Å²) in [7, 11) is 0. The standard InChI is InChI=1S/C11H13N2O/c1-11(13,10(12)14)8-7-9-5-3-2-4-6-9/h2-8H,1,13H2,(H2,12,14). The van der Waals surface area contributed by atoms with Crippen LogP contribution in [0.2, 0.25) is 0 Å². The van der Waals surface area contributed by atoms with E-state index in [2.05, 4.69) is 6.92 Å². The van der Waals surface area contributed by atoms with Crippen LogP contribution in [0.25, 0.3) is 6.08 Å². The first-order valence-corrected chi connectivity index (χ1v) is 4.21. The van der Waals surface area contributed by atoms with Crippen LogP contribution in [-0.4, -0.2) is 11.4 Å². The molecule has 3 heteroatoms. The van der Waals surface area contributed by atoms with Gasteiger partial charge in [-0.25, -0.2) is 0 Å². The molecule has 0 bridgehead atoms. The quantitative estimate of drug-likeness (QED) is 0.735. The molecule has 0 saturated carbocycles. The van der Waals surface area contributed by atoms with Crippen LogP contribution in [0.3, 0.4) is 0 Å². The molecule has 14 heavy (non-hydrogen) atoms. The van der Waals surface area contributed by atoms with Crippen molar-refractivity contribution in [3.63, 3.8) is 0 Å². The van der Waals surface area contributed by atoms with Crippen LogP contribution >= 0.6 is 0 Å². The van der Waals surface area contributed by atoms with Gasteiger partial charge in [0, 0.05) is 0 Å². The van der Waals surface area contributed by atoms with Crippen LogP contribution in [0.4, 0.5) is 0 Å². The van der Waals surface area contributed by atoms with Gasteiger partial charge >= 0.3 is 0 Å². The third-order valence-electron chi connectivity index (χ3n) is 1.83. The fraction of sp³-hybridized carbons (Fsp3) is 0.0909. The Bertz CT molecular complexity index is 342. The number of hydrogen-bond acceptors (Lipinski definition) is 2.